The summed E-state index contributed by atoms with van der Waals surface area (Å²) in [5, 5.41) is 3.42. The van der Waals surface area contributed by atoms with Gasteiger partial charge in [-0.05, 0) is 60.9 Å². The van der Waals surface area contributed by atoms with Crippen molar-refractivity contribution in [3.8, 4) is 17.0 Å². The van der Waals surface area contributed by atoms with Gasteiger partial charge in [-0.3, -0.25) is 9.69 Å². The maximum atomic E-state index is 13.8. The van der Waals surface area contributed by atoms with Crippen LogP contribution in [0.15, 0.2) is 94.1 Å². The van der Waals surface area contributed by atoms with E-state index in [1.54, 1.807) is 0 Å². The molecule has 6 rings (SSSR count). The standard InChI is InChI=1S/C33H31N3O2S2/c1-23-15-17-24(18-16-23)21-38-28-14-8-9-25(19-28)20-30-31(37)36(27-12-6-3-7-13-27)33(40-30)35-32-34-29(22-39-32)26-10-4-2-5-11-26/h2,4-5,8-11,14-20,22,27H,3,6-7,12-13,21H2,1H3/b30-20-,35-33+. The number of benzene rings is 3. The van der Waals surface area contributed by atoms with E-state index in [2.05, 4.69) is 31.2 Å². The molecule has 0 unspecified atom stereocenters. The number of ether oxygens (including phenoxy) is 1. The number of amidine groups is 1. The van der Waals surface area contributed by atoms with Crippen molar-refractivity contribution < 1.29 is 9.53 Å². The molecule has 2 heterocycles. The normalized spacial score (nSPS) is 18.1. The number of hydrogen-bond donors (Lipinski definition) is 0. The fourth-order valence-electron chi connectivity index (χ4n) is 5.06. The Morgan fingerprint density at radius 3 is 2.60 bits per heavy atom. The highest BCUT2D eigenvalue weighted by Gasteiger charge is 2.38. The number of amides is 1. The van der Waals surface area contributed by atoms with Gasteiger partial charge in [0.2, 0.25) is 5.13 Å². The van der Waals surface area contributed by atoms with Crippen LogP contribution < -0.4 is 4.74 Å². The number of carbonyl (C=O) groups is 1. The van der Waals surface area contributed by atoms with Crippen molar-refractivity contribution in [3.05, 3.63) is 106 Å². The second kappa shape index (κ2) is 12.2. The Hall–Kier alpha value is -3.68. The predicted octanol–water partition coefficient (Wildman–Crippen LogP) is 8.63. The van der Waals surface area contributed by atoms with E-state index < -0.39 is 0 Å². The van der Waals surface area contributed by atoms with Crippen molar-refractivity contribution in [2.45, 2.75) is 51.7 Å². The quantitative estimate of drug-likeness (QED) is 0.211. The molecule has 2 fully saturated rings. The van der Waals surface area contributed by atoms with Crippen molar-refractivity contribution in [1.29, 1.82) is 0 Å². The van der Waals surface area contributed by atoms with Crippen LogP contribution in [-0.2, 0) is 11.4 Å². The molecule has 3 aromatic carbocycles. The minimum Gasteiger partial charge on any atom is -0.489 e. The largest absolute Gasteiger partial charge is 0.489 e. The van der Waals surface area contributed by atoms with Crippen molar-refractivity contribution in [2.24, 2.45) is 4.99 Å². The molecule has 1 saturated carbocycles. The third kappa shape index (κ3) is 6.21. The van der Waals surface area contributed by atoms with Crippen LogP contribution in [0.25, 0.3) is 17.3 Å². The second-order valence-electron chi connectivity index (χ2n) is 10.2. The van der Waals surface area contributed by atoms with Crippen LogP contribution >= 0.6 is 23.1 Å². The van der Waals surface area contributed by atoms with Gasteiger partial charge in [0.25, 0.3) is 5.91 Å². The molecular formula is C33H31N3O2S2. The number of nitrogens with zero attached hydrogens (tertiary/aromatic N) is 3. The third-order valence-corrected chi connectivity index (χ3v) is 8.93. The first-order valence-corrected chi connectivity index (χ1v) is 15.4. The lowest BCUT2D eigenvalue weighted by molar-refractivity contribution is -0.124. The van der Waals surface area contributed by atoms with E-state index in [-0.39, 0.29) is 11.9 Å². The van der Waals surface area contributed by atoms with Crippen molar-refractivity contribution in [1.82, 2.24) is 9.88 Å². The summed E-state index contributed by atoms with van der Waals surface area (Å²) in [7, 11) is 0. The van der Waals surface area contributed by atoms with Crippen LogP contribution in [0, 0.1) is 6.92 Å². The van der Waals surface area contributed by atoms with Gasteiger partial charge in [-0.1, -0.05) is 91.6 Å². The lowest BCUT2D eigenvalue weighted by Crippen LogP contribution is -2.40. The third-order valence-electron chi connectivity index (χ3n) is 7.21. The van der Waals surface area contributed by atoms with Gasteiger partial charge >= 0.3 is 0 Å². The summed E-state index contributed by atoms with van der Waals surface area (Å²) in [4.78, 5) is 26.1. The van der Waals surface area contributed by atoms with E-state index in [0.717, 1.165) is 59.0 Å². The smallest absolute Gasteiger partial charge is 0.267 e. The van der Waals surface area contributed by atoms with Crippen molar-refractivity contribution in [2.75, 3.05) is 0 Å². The zero-order chi connectivity index (χ0) is 27.3. The Balaban J connectivity index is 1.25. The van der Waals surface area contributed by atoms with Gasteiger partial charge in [0.1, 0.15) is 12.4 Å². The molecule has 2 aliphatic rings. The molecule has 0 bridgehead atoms. The van der Waals surface area contributed by atoms with Crippen LogP contribution in [0.3, 0.4) is 0 Å². The van der Waals surface area contributed by atoms with E-state index in [0.29, 0.717) is 16.6 Å². The Morgan fingerprint density at radius 1 is 1.00 bits per heavy atom. The van der Waals surface area contributed by atoms with E-state index in [9.17, 15) is 4.79 Å². The molecule has 0 spiro atoms. The highest BCUT2D eigenvalue weighted by Crippen LogP contribution is 2.39. The summed E-state index contributed by atoms with van der Waals surface area (Å²) < 4.78 is 6.06. The molecule has 0 atom stereocenters. The molecule has 7 heteroatoms. The van der Waals surface area contributed by atoms with Crippen LogP contribution in [-0.4, -0.2) is 27.0 Å². The van der Waals surface area contributed by atoms with Crippen LogP contribution in [0.5, 0.6) is 5.75 Å². The summed E-state index contributed by atoms with van der Waals surface area (Å²) in [5.41, 5.74) is 5.25. The molecule has 1 amide bonds. The maximum Gasteiger partial charge on any atom is 0.267 e. The van der Waals surface area contributed by atoms with Crippen LogP contribution in [0.1, 0.15) is 48.8 Å². The molecule has 5 nitrogen and oxygen atoms in total. The summed E-state index contributed by atoms with van der Waals surface area (Å²) in [6.45, 7) is 2.58. The first-order valence-electron chi connectivity index (χ1n) is 13.7. The highest BCUT2D eigenvalue weighted by atomic mass is 32.2. The molecule has 1 aliphatic carbocycles. The zero-order valence-corrected chi connectivity index (χ0v) is 24.1. The number of aryl methyl sites for hydroxylation is 1. The second-order valence-corrected chi connectivity index (χ2v) is 12.0. The minimum atomic E-state index is 0.0291. The first kappa shape index (κ1) is 26.5. The van der Waals surface area contributed by atoms with Gasteiger partial charge in [0.15, 0.2) is 5.17 Å². The summed E-state index contributed by atoms with van der Waals surface area (Å²) in [6, 6.07) is 26.6. The summed E-state index contributed by atoms with van der Waals surface area (Å²) in [6.07, 6.45) is 7.48. The van der Waals surface area contributed by atoms with E-state index in [1.807, 2.05) is 71.0 Å². The number of thioether (sulfide) groups is 1. The maximum absolute atomic E-state index is 13.8. The number of thiazole rings is 1. The molecule has 0 radical (unpaired) electrons. The van der Waals surface area contributed by atoms with Gasteiger partial charge in [0.05, 0.1) is 10.6 Å². The van der Waals surface area contributed by atoms with Gasteiger partial charge in [-0.2, -0.15) is 4.99 Å². The van der Waals surface area contributed by atoms with Gasteiger partial charge < -0.3 is 4.74 Å². The average molecular weight is 566 g/mol. The molecular weight excluding hydrogens is 535 g/mol. The number of aromatic nitrogens is 1. The van der Waals surface area contributed by atoms with E-state index >= 15 is 0 Å². The van der Waals surface area contributed by atoms with E-state index in [1.165, 1.54) is 35.1 Å². The fourth-order valence-corrected chi connectivity index (χ4v) is 6.85. The summed E-state index contributed by atoms with van der Waals surface area (Å²) >= 11 is 2.95. The van der Waals surface area contributed by atoms with Crippen LogP contribution in [0.4, 0.5) is 5.13 Å². The molecule has 40 heavy (non-hydrogen) atoms. The van der Waals surface area contributed by atoms with Gasteiger partial charge in [-0.25, -0.2) is 4.98 Å². The predicted molar refractivity (Wildman–Crippen MR) is 166 cm³/mol. The fraction of sp³-hybridized carbons (Fsp3) is 0.242. The topological polar surface area (TPSA) is 54.8 Å². The van der Waals surface area contributed by atoms with E-state index in [4.69, 9.17) is 14.7 Å². The SMILES string of the molecule is Cc1ccc(COc2cccc(/C=C3\S/C(=N/c4nc(-c5ccccc5)cs4)N(C4CCCCC4)C3=O)c2)cc1. The van der Waals surface area contributed by atoms with Gasteiger partial charge in [0, 0.05) is 17.0 Å². The Labute approximate surface area is 243 Å². The zero-order valence-electron chi connectivity index (χ0n) is 22.5. The lowest BCUT2D eigenvalue weighted by Gasteiger charge is -2.30. The van der Waals surface area contributed by atoms with Crippen molar-refractivity contribution in [3.63, 3.8) is 0 Å². The average Bonchev–Trinajstić information content (AvgIpc) is 3.58. The molecule has 1 aliphatic heterocycles. The highest BCUT2D eigenvalue weighted by molar-refractivity contribution is 8.18. The molecule has 1 saturated heterocycles. The number of carbonyl (C=O) groups excluding carboxylic acids is 1. The molecule has 0 N–H and O–H groups in total. The molecule has 202 valence electrons. The number of rotatable bonds is 7. The molecule has 4 aromatic rings. The van der Waals surface area contributed by atoms with Crippen LogP contribution in [0.2, 0.25) is 0 Å². The minimum absolute atomic E-state index is 0.0291. The monoisotopic (exact) mass is 565 g/mol. The Kier molecular flexibility index (Phi) is 8.11. The van der Waals surface area contributed by atoms with Crippen molar-refractivity contribution >= 4 is 45.4 Å². The van der Waals surface area contributed by atoms with Gasteiger partial charge in [-0.15, -0.1) is 11.3 Å². The summed E-state index contributed by atoms with van der Waals surface area (Å²) in [5.74, 6) is 0.807. The number of hydrogen-bond acceptors (Lipinski definition) is 6. The first-order chi connectivity index (χ1) is 19.6. The molecule has 1 aromatic heterocycles. The Morgan fingerprint density at radius 2 is 1.80 bits per heavy atom. The lowest BCUT2D eigenvalue weighted by atomic mass is 9.94. The number of aliphatic imine (C=N–C) groups is 1. The Bertz CT molecular complexity index is 1540.